The van der Waals surface area contributed by atoms with E-state index < -0.39 is 37.0 Å². The Morgan fingerprint density at radius 3 is 2.75 bits per heavy atom. The van der Waals surface area contributed by atoms with E-state index in [0.29, 0.717) is 0 Å². The number of halogens is 2. The Morgan fingerprint density at radius 2 is 2.10 bits per heavy atom. The second-order valence-electron chi connectivity index (χ2n) is 4.48. The molecule has 3 heterocycles. The van der Waals surface area contributed by atoms with Crippen molar-refractivity contribution in [3.05, 3.63) is 23.5 Å². The zero-order chi connectivity index (χ0) is 14.4. The van der Waals surface area contributed by atoms with E-state index in [1.807, 2.05) is 0 Å². The minimum atomic E-state index is -1.32. The number of hydrogen-bond donors (Lipinski definition) is 3. The average Bonchev–Trinajstić information content (AvgIpc) is 2.90. The van der Waals surface area contributed by atoms with Crippen molar-refractivity contribution in [1.29, 1.82) is 0 Å². The zero-order valence-electron chi connectivity index (χ0n) is 10.0. The van der Waals surface area contributed by atoms with E-state index in [9.17, 15) is 14.6 Å². The first kappa shape index (κ1) is 13.7. The van der Waals surface area contributed by atoms with Crippen molar-refractivity contribution >= 4 is 22.6 Å². The molecule has 3 rings (SSSR count). The summed E-state index contributed by atoms with van der Waals surface area (Å²) < 4.78 is 20.4. The van der Waals surface area contributed by atoms with E-state index in [1.165, 1.54) is 4.57 Å². The molecule has 0 unspecified atom stereocenters. The maximum absolute atomic E-state index is 13.9. The second kappa shape index (κ2) is 4.90. The first-order valence-corrected chi connectivity index (χ1v) is 6.21. The number of aliphatic hydroxyl groups excluding tert-OH is 3. The van der Waals surface area contributed by atoms with Crippen molar-refractivity contribution in [2.45, 2.75) is 24.5 Å². The third-order valence-corrected chi connectivity index (χ3v) is 3.59. The summed E-state index contributed by atoms with van der Waals surface area (Å²) >= 11 is 5.81. The molecule has 0 spiro atoms. The molecular formula is C11H11ClFN3O4. The summed E-state index contributed by atoms with van der Waals surface area (Å²) in [7, 11) is 0. The minimum absolute atomic E-state index is 0.00639. The van der Waals surface area contributed by atoms with E-state index >= 15 is 0 Å². The largest absolute Gasteiger partial charge is 0.394 e. The lowest BCUT2D eigenvalue weighted by Crippen LogP contribution is -2.33. The molecule has 108 valence electrons. The molecule has 0 saturated carbocycles. The molecule has 0 amide bonds. The number of rotatable bonds is 2. The summed E-state index contributed by atoms with van der Waals surface area (Å²) in [6, 6.07) is 0. The lowest BCUT2D eigenvalue weighted by Gasteiger charge is -2.16. The van der Waals surface area contributed by atoms with Gasteiger partial charge in [-0.15, -0.1) is 0 Å². The van der Waals surface area contributed by atoms with Crippen LogP contribution >= 0.6 is 11.6 Å². The number of aromatic nitrogens is 3. The van der Waals surface area contributed by atoms with Gasteiger partial charge in [0, 0.05) is 6.20 Å². The highest BCUT2D eigenvalue weighted by Crippen LogP contribution is 2.34. The second-order valence-corrected chi connectivity index (χ2v) is 4.83. The average molecular weight is 304 g/mol. The van der Waals surface area contributed by atoms with Gasteiger partial charge in [0.05, 0.1) is 12.0 Å². The van der Waals surface area contributed by atoms with Crippen LogP contribution in [0.1, 0.15) is 6.23 Å². The molecule has 0 aliphatic carbocycles. The van der Waals surface area contributed by atoms with Crippen molar-refractivity contribution in [3.63, 3.8) is 0 Å². The molecule has 0 radical (unpaired) electrons. The van der Waals surface area contributed by atoms with Crippen LogP contribution < -0.4 is 0 Å². The normalized spacial score (nSPS) is 30.2. The molecule has 2 aromatic heterocycles. The predicted molar refractivity (Wildman–Crippen MR) is 65.5 cm³/mol. The first-order chi connectivity index (χ1) is 9.54. The predicted octanol–water partition coefficient (Wildman–Crippen LogP) is -0.165. The maximum atomic E-state index is 13.9. The van der Waals surface area contributed by atoms with E-state index in [-0.39, 0.29) is 16.2 Å². The molecule has 4 atom stereocenters. The Hall–Kier alpha value is -1.32. The van der Waals surface area contributed by atoms with Crippen molar-refractivity contribution in [2.75, 3.05) is 6.61 Å². The van der Waals surface area contributed by atoms with Gasteiger partial charge in [0.1, 0.15) is 35.4 Å². The van der Waals surface area contributed by atoms with E-state index in [2.05, 4.69) is 9.97 Å². The van der Waals surface area contributed by atoms with Gasteiger partial charge in [-0.2, -0.15) is 0 Å². The van der Waals surface area contributed by atoms with Gasteiger partial charge in [0.15, 0.2) is 12.0 Å². The topological polar surface area (TPSA) is 101 Å². The van der Waals surface area contributed by atoms with Gasteiger partial charge >= 0.3 is 0 Å². The molecule has 0 bridgehead atoms. The van der Waals surface area contributed by atoms with Crippen molar-refractivity contribution in [2.24, 2.45) is 0 Å². The van der Waals surface area contributed by atoms with Crippen LogP contribution in [0, 0.1) is 5.82 Å². The highest BCUT2D eigenvalue weighted by atomic mass is 35.5. The van der Waals surface area contributed by atoms with Crippen molar-refractivity contribution in [3.8, 4) is 0 Å². The smallest absolute Gasteiger partial charge is 0.164 e. The summed E-state index contributed by atoms with van der Waals surface area (Å²) in [5.41, 5.74) is 0.136. The van der Waals surface area contributed by atoms with Crippen LogP contribution in [0.5, 0.6) is 0 Å². The van der Waals surface area contributed by atoms with Gasteiger partial charge in [0.25, 0.3) is 0 Å². The molecule has 0 aromatic carbocycles. The highest BCUT2D eigenvalue weighted by Gasteiger charge is 2.44. The first-order valence-electron chi connectivity index (χ1n) is 5.83. The number of nitrogens with zero attached hydrogens (tertiary/aromatic N) is 3. The van der Waals surface area contributed by atoms with Crippen LogP contribution in [0.25, 0.3) is 11.0 Å². The van der Waals surface area contributed by atoms with Gasteiger partial charge in [0.2, 0.25) is 0 Å². The van der Waals surface area contributed by atoms with E-state index in [1.54, 1.807) is 0 Å². The van der Waals surface area contributed by atoms with Crippen LogP contribution in [0.3, 0.4) is 0 Å². The van der Waals surface area contributed by atoms with E-state index in [0.717, 1.165) is 12.5 Å². The van der Waals surface area contributed by atoms with Gasteiger partial charge in [-0.05, 0) is 0 Å². The summed E-state index contributed by atoms with van der Waals surface area (Å²) in [5.74, 6) is -0.664. The van der Waals surface area contributed by atoms with Crippen LogP contribution in [-0.4, -0.2) is 54.8 Å². The molecule has 2 aromatic rings. The lowest BCUT2D eigenvalue weighted by molar-refractivity contribution is -0.0510. The molecule has 1 fully saturated rings. The Bertz CT molecular complexity index is 652. The number of aliphatic hydroxyl groups is 3. The molecular weight excluding hydrogens is 293 g/mol. The Balaban J connectivity index is 2.10. The molecule has 1 aliphatic heterocycles. The van der Waals surface area contributed by atoms with Gasteiger partial charge in [-0.25, -0.2) is 14.4 Å². The molecule has 3 N–H and O–H groups in total. The standard InChI is InChI=1S/C11H11ClFN3O4/c12-9-6-4(13)1-16(10(6)15-3-14-9)11-8(19)7(18)5(2-17)20-11/h1,3,5,7-8,11,17-19H,2H2/t5-,7-,8-,11-/m1/s1. The number of hydrogen-bond acceptors (Lipinski definition) is 6. The molecule has 9 heteroatoms. The summed E-state index contributed by atoms with van der Waals surface area (Å²) in [6.07, 6.45) is -2.40. The lowest BCUT2D eigenvalue weighted by atomic mass is 10.1. The van der Waals surface area contributed by atoms with Gasteiger partial charge in [-0.1, -0.05) is 11.6 Å². The quantitative estimate of drug-likeness (QED) is 0.666. The van der Waals surface area contributed by atoms with Crippen LogP contribution in [-0.2, 0) is 4.74 Å². The van der Waals surface area contributed by atoms with E-state index in [4.69, 9.17) is 21.4 Å². The monoisotopic (exact) mass is 303 g/mol. The summed E-state index contributed by atoms with van der Waals surface area (Å²) in [5, 5.41) is 28.7. The fraction of sp³-hybridized carbons (Fsp3) is 0.455. The maximum Gasteiger partial charge on any atom is 0.164 e. The molecule has 7 nitrogen and oxygen atoms in total. The minimum Gasteiger partial charge on any atom is -0.394 e. The van der Waals surface area contributed by atoms with Gasteiger partial charge < -0.3 is 24.6 Å². The Morgan fingerprint density at radius 1 is 1.35 bits per heavy atom. The fourth-order valence-corrected chi connectivity index (χ4v) is 2.53. The SMILES string of the molecule is OC[C@H]1O[C@@H](n2cc(F)c3c(Cl)ncnc32)[C@H](O)[C@@H]1O. The summed E-state index contributed by atoms with van der Waals surface area (Å²) in [4.78, 5) is 7.59. The third kappa shape index (κ3) is 1.88. The Kier molecular flexibility index (Phi) is 3.35. The fourth-order valence-electron chi connectivity index (χ4n) is 2.31. The van der Waals surface area contributed by atoms with Crippen LogP contribution in [0.4, 0.5) is 4.39 Å². The van der Waals surface area contributed by atoms with Crippen molar-refractivity contribution < 1.29 is 24.4 Å². The molecule has 1 saturated heterocycles. The Labute approximate surface area is 117 Å². The molecule has 20 heavy (non-hydrogen) atoms. The number of fused-ring (bicyclic) bond motifs is 1. The number of ether oxygens (including phenoxy) is 1. The third-order valence-electron chi connectivity index (χ3n) is 3.31. The summed E-state index contributed by atoms with van der Waals surface area (Å²) in [6.45, 7) is -0.466. The zero-order valence-corrected chi connectivity index (χ0v) is 10.8. The molecule has 1 aliphatic rings. The van der Waals surface area contributed by atoms with Crippen molar-refractivity contribution in [1.82, 2.24) is 14.5 Å². The van der Waals surface area contributed by atoms with Gasteiger partial charge in [-0.3, -0.25) is 0 Å². The van der Waals surface area contributed by atoms with Crippen LogP contribution in [0.15, 0.2) is 12.5 Å². The van der Waals surface area contributed by atoms with Crippen LogP contribution in [0.2, 0.25) is 5.15 Å². The highest BCUT2D eigenvalue weighted by molar-refractivity contribution is 6.33.